The predicted octanol–water partition coefficient (Wildman–Crippen LogP) is 2.90. The van der Waals surface area contributed by atoms with Gasteiger partial charge in [0.15, 0.2) is 0 Å². The van der Waals surface area contributed by atoms with Crippen LogP contribution >= 0.6 is 12.4 Å². The van der Waals surface area contributed by atoms with Crippen molar-refractivity contribution in [2.24, 2.45) is 5.92 Å². The van der Waals surface area contributed by atoms with E-state index in [2.05, 4.69) is 24.5 Å². The molecule has 2 N–H and O–H groups in total. The first-order chi connectivity index (χ1) is 10.1. The van der Waals surface area contributed by atoms with Crippen molar-refractivity contribution in [3.63, 3.8) is 0 Å². The molecular weight excluding hydrogens is 300 g/mol. The number of rotatable bonds is 6. The predicted molar refractivity (Wildman–Crippen MR) is 91.5 cm³/mol. The molecule has 1 aromatic carbocycles. The molecule has 0 aromatic heterocycles. The van der Waals surface area contributed by atoms with Crippen LogP contribution < -0.4 is 15.4 Å². The summed E-state index contributed by atoms with van der Waals surface area (Å²) in [4.78, 5) is 12.1. The number of nitrogens with one attached hydrogen (secondary N) is 2. The largest absolute Gasteiger partial charge is 0.493 e. The Bertz CT molecular complexity index is 460. The Kier molecular flexibility index (Phi) is 8.28. The third kappa shape index (κ3) is 6.24. The maximum atomic E-state index is 12.1. The Labute approximate surface area is 139 Å². The minimum absolute atomic E-state index is 0. The van der Waals surface area contributed by atoms with Gasteiger partial charge in [-0.25, -0.2) is 0 Å². The van der Waals surface area contributed by atoms with Crippen molar-refractivity contribution in [1.82, 2.24) is 10.6 Å². The molecule has 0 bridgehead atoms. The maximum absolute atomic E-state index is 12.1. The van der Waals surface area contributed by atoms with E-state index in [1.807, 2.05) is 24.3 Å². The van der Waals surface area contributed by atoms with E-state index in [9.17, 15) is 4.79 Å². The van der Waals surface area contributed by atoms with E-state index in [0.717, 1.165) is 30.7 Å². The summed E-state index contributed by atoms with van der Waals surface area (Å²) >= 11 is 0. The summed E-state index contributed by atoms with van der Waals surface area (Å²) < 4.78 is 5.71. The molecule has 124 valence electrons. The molecule has 1 aliphatic heterocycles. The fourth-order valence-corrected chi connectivity index (χ4v) is 2.40. The molecule has 1 saturated heterocycles. The third-order valence-electron chi connectivity index (χ3n) is 3.58. The van der Waals surface area contributed by atoms with Gasteiger partial charge in [0.2, 0.25) is 5.91 Å². The zero-order valence-electron chi connectivity index (χ0n) is 13.4. The number of carbonyl (C=O) groups is 1. The number of hydrogen-bond donors (Lipinski definition) is 2. The van der Waals surface area contributed by atoms with E-state index in [0.29, 0.717) is 19.1 Å². The third-order valence-corrected chi connectivity index (χ3v) is 3.58. The molecule has 5 heteroatoms. The van der Waals surface area contributed by atoms with Crippen LogP contribution in [0.5, 0.6) is 5.75 Å². The van der Waals surface area contributed by atoms with Gasteiger partial charge in [-0.3, -0.25) is 4.79 Å². The zero-order chi connectivity index (χ0) is 15.1. The van der Waals surface area contributed by atoms with Crippen LogP contribution in [0.25, 0.3) is 0 Å². The molecule has 2 rings (SSSR count). The summed E-state index contributed by atoms with van der Waals surface area (Å²) in [6.07, 6.45) is 3.23. The Morgan fingerprint density at radius 3 is 2.91 bits per heavy atom. The van der Waals surface area contributed by atoms with Gasteiger partial charge in [0.25, 0.3) is 0 Å². The number of halogens is 1. The summed E-state index contributed by atoms with van der Waals surface area (Å²) in [5, 5.41) is 6.27. The van der Waals surface area contributed by atoms with Crippen LogP contribution in [0.2, 0.25) is 0 Å². The topological polar surface area (TPSA) is 50.4 Å². The molecule has 1 unspecified atom stereocenters. The van der Waals surface area contributed by atoms with Gasteiger partial charge < -0.3 is 15.4 Å². The van der Waals surface area contributed by atoms with Gasteiger partial charge in [-0.15, -0.1) is 12.4 Å². The van der Waals surface area contributed by atoms with E-state index in [1.165, 1.54) is 6.42 Å². The lowest BCUT2D eigenvalue weighted by atomic mass is 10.0. The molecule has 1 aromatic rings. The molecule has 1 atom stereocenters. The summed E-state index contributed by atoms with van der Waals surface area (Å²) in [6.45, 7) is 6.46. The number of hydrogen-bond acceptors (Lipinski definition) is 3. The van der Waals surface area contributed by atoms with E-state index >= 15 is 0 Å². The van der Waals surface area contributed by atoms with Gasteiger partial charge in [0.1, 0.15) is 5.75 Å². The molecule has 4 nitrogen and oxygen atoms in total. The van der Waals surface area contributed by atoms with Gasteiger partial charge in [0.05, 0.1) is 12.6 Å². The van der Waals surface area contributed by atoms with Crippen molar-refractivity contribution in [2.45, 2.75) is 45.7 Å². The average molecular weight is 327 g/mol. The van der Waals surface area contributed by atoms with Crippen LogP contribution in [0.4, 0.5) is 0 Å². The number of ether oxygens (including phenoxy) is 1. The number of benzene rings is 1. The highest BCUT2D eigenvalue weighted by Crippen LogP contribution is 2.14. The second kappa shape index (κ2) is 9.70. The lowest BCUT2D eigenvalue weighted by Gasteiger charge is -2.22. The first-order valence-corrected chi connectivity index (χ1v) is 7.88. The van der Waals surface area contributed by atoms with E-state index in [-0.39, 0.29) is 24.4 Å². The maximum Gasteiger partial charge on any atom is 0.237 e. The molecule has 1 fully saturated rings. The van der Waals surface area contributed by atoms with Crippen LogP contribution in [-0.4, -0.2) is 25.1 Å². The highest BCUT2D eigenvalue weighted by atomic mass is 35.5. The van der Waals surface area contributed by atoms with Crippen molar-refractivity contribution < 1.29 is 9.53 Å². The summed E-state index contributed by atoms with van der Waals surface area (Å²) in [7, 11) is 0. The number of carbonyl (C=O) groups excluding carboxylic acids is 1. The highest BCUT2D eigenvalue weighted by Gasteiger charge is 2.19. The van der Waals surface area contributed by atoms with E-state index in [1.54, 1.807) is 0 Å². The Balaban J connectivity index is 0.00000242. The highest BCUT2D eigenvalue weighted by molar-refractivity contribution is 5.85. The average Bonchev–Trinajstić information content (AvgIpc) is 2.52. The lowest BCUT2D eigenvalue weighted by molar-refractivity contribution is -0.123. The zero-order valence-corrected chi connectivity index (χ0v) is 14.2. The van der Waals surface area contributed by atoms with Crippen molar-refractivity contribution in [2.75, 3.05) is 13.2 Å². The SMILES string of the molecule is CC(C)COc1cccc(CNC(=O)C2CCCCN2)c1.Cl. The molecule has 1 heterocycles. The quantitative estimate of drug-likeness (QED) is 0.845. The summed E-state index contributed by atoms with van der Waals surface area (Å²) in [5.41, 5.74) is 1.07. The van der Waals surface area contributed by atoms with Crippen LogP contribution in [0.15, 0.2) is 24.3 Å². The first-order valence-electron chi connectivity index (χ1n) is 7.88. The second-order valence-electron chi connectivity index (χ2n) is 6.07. The smallest absolute Gasteiger partial charge is 0.237 e. The van der Waals surface area contributed by atoms with Crippen molar-refractivity contribution >= 4 is 18.3 Å². The Hall–Kier alpha value is -1.26. The van der Waals surface area contributed by atoms with Crippen molar-refractivity contribution in [3.05, 3.63) is 29.8 Å². The molecule has 0 spiro atoms. The number of piperidine rings is 1. The normalized spacial score (nSPS) is 17.7. The fraction of sp³-hybridized carbons (Fsp3) is 0.588. The standard InChI is InChI=1S/C17H26N2O2.ClH/c1-13(2)12-21-15-7-5-6-14(10-15)11-19-17(20)16-8-3-4-9-18-16;/h5-7,10,13,16,18H,3-4,8-9,11-12H2,1-2H3,(H,19,20);1H. The van der Waals surface area contributed by atoms with Gasteiger partial charge in [0, 0.05) is 6.54 Å². The molecular formula is C17H27ClN2O2. The summed E-state index contributed by atoms with van der Waals surface area (Å²) in [5.74, 6) is 1.47. The minimum Gasteiger partial charge on any atom is -0.493 e. The number of amides is 1. The molecule has 0 aliphatic carbocycles. The molecule has 0 saturated carbocycles. The fourth-order valence-electron chi connectivity index (χ4n) is 2.40. The minimum atomic E-state index is -0.0286. The molecule has 0 radical (unpaired) electrons. The van der Waals surface area contributed by atoms with Crippen LogP contribution in [-0.2, 0) is 11.3 Å². The Morgan fingerprint density at radius 1 is 1.41 bits per heavy atom. The van der Waals surface area contributed by atoms with Crippen LogP contribution in [0.1, 0.15) is 38.7 Å². The summed E-state index contributed by atoms with van der Waals surface area (Å²) in [6, 6.07) is 7.90. The second-order valence-corrected chi connectivity index (χ2v) is 6.07. The van der Waals surface area contributed by atoms with Gasteiger partial charge in [-0.05, 0) is 43.0 Å². The van der Waals surface area contributed by atoms with Crippen molar-refractivity contribution in [1.29, 1.82) is 0 Å². The molecule has 1 aliphatic rings. The van der Waals surface area contributed by atoms with Gasteiger partial charge in [-0.2, -0.15) is 0 Å². The molecule has 22 heavy (non-hydrogen) atoms. The van der Waals surface area contributed by atoms with Crippen LogP contribution in [0, 0.1) is 5.92 Å². The first kappa shape index (κ1) is 18.8. The van der Waals surface area contributed by atoms with Crippen molar-refractivity contribution in [3.8, 4) is 5.75 Å². The van der Waals surface area contributed by atoms with Gasteiger partial charge >= 0.3 is 0 Å². The lowest BCUT2D eigenvalue weighted by Crippen LogP contribution is -2.46. The Morgan fingerprint density at radius 2 is 2.23 bits per heavy atom. The van der Waals surface area contributed by atoms with E-state index in [4.69, 9.17) is 4.74 Å². The van der Waals surface area contributed by atoms with Crippen LogP contribution in [0.3, 0.4) is 0 Å². The van der Waals surface area contributed by atoms with Gasteiger partial charge in [-0.1, -0.05) is 32.4 Å². The van der Waals surface area contributed by atoms with E-state index < -0.39 is 0 Å². The monoisotopic (exact) mass is 326 g/mol. The molecule has 1 amide bonds.